The van der Waals surface area contributed by atoms with Gasteiger partial charge in [0.1, 0.15) is 0 Å². The van der Waals surface area contributed by atoms with Crippen LogP contribution >= 0.6 is 33.9 Å². The highest BCUT2D eigenvalue weighted by Crippen LogP contribution is 2.18. The number of rotatable bonds is 3. The Hall–Kier alpha value is -0.180. The molecule has 1 N–H and O–H groups in total. The molecule has 0 saturated carbocycles. The van der Waals surface area contributed by atoms with Crippen LogP contribution in [0.4, 0.5) is 0 Å². The van der Waals surface area contributed by atoms with Crippen molar-refractivity contribution in [1.82, 2.24) is 10.2 Å². The molecule has 4 nitrogen and oxygen atoms in total. The first-order chi connectivity index (χ1) is 8.16. The van der Waals surface area contributed by atoms with Crippen molar-refractivity contribution in [3.05, 3.63) is 19.9 Å². The van der Waals surface area contributed by atoms with E-state index in [2.05, 4.69) is 27.9 Å². The van der Waals surface area contributed by atoms with Gasteiger partial charge in [-0.2, -0.15) is 0 Å². The molecule has 1 unspecified atom stereocenters. The summed E-state index contributed by atoms with van der Waals surface area (Å²) in [4.78, 5) is 13.8. The Kier molecular flexibility index (Phi) is 4.78. The van der Waals surface area contributed by atoms with E-state index in [9.17, 15) is 4.79 Å². The number of nitrogens with zero attached hydrogens (tertiary/aromatic N) is 1. The van der Waals surface area contributed by atoms with Gasteiger partial charge in [0.2, 0.25) is 0 Å². The summed E-state index contributed by atoms with van der Waals surface area (Å²) in [5, 5.41) is 5.16. The number of hydrogen-bond acceptors (Lipinski definition) is 4. The van der Waals surface area contributed by atoms with Crippen LogP contribution in [-0.4, -0.2) is 50.2 Å². The highest BCUT2D eigenvalue weighted by Gasteiger charge is 2.20. The molecule has 0 aromatic carbocycles. The second-order valence-corrected chi connectivity index (χ2v) is 6.83. The number of likely N-dealkylation sites (N-methyl/N-ethyl adjacent to an activating group) is 1. The number of carbonyl (C=O) groups is 1. The summed E-state index contributed by atoms with van der Waals surface area (Å²) < 4.78 is 6.72. The van der Waals surface area contributed by atoms with Gasteiger partial charge < -0.3 is 15.0 Å². The minimum absolute atomic E-state index is 0.0679. The van der Waals surface area contributed by atoms with Gasteiger partial charge in [-0.3, -0.25) is 4.79 Å². The van der Waals surface area contributed by atoms with Crippen molar-refractivity contribution in [1.29, 1.82) is 0 Å². The third-order valence-electron chi connectivity index (χ3n) is 2.64. The molecule has 6 heteroatoms. The maximum Gasteiger partial charge on any atom is 0.254 e. The lowest BCUT2D eigenvalue weighted by atomic mass is 10.2. The van der Waals surface area contributed by atoms with Crippen LogP contribution in [0.15, 0.2) is 11.4 Å². The fourth-order valence-corrected chi connectivity index (χ4v) is 3.09. The molecule has 1 fully saturated rings. The number of halogens is 1. The monoisotopic (exact) mass is 366 g/mol. The number of hydrogen-bond donors (Lipinski definition) is 1. The van der Waals surface area contributed by atoms with Gasteiger partial charge in [-0.1, -0.05) is 0 Å². The highest BCUT2D eigenvalue weighted by atomic mass is 127. The molecular formula is C11H15IN2O2S. The Labute approximate surface area is 118 Å². The zero-order chi connectivity index (χ0) is 12.3. The molecule has 1 atom stereocenters. The van der Waals surface area contributed by atoms with E-state index < -0.39 is 0 Å². The summed E-state index contributed by atoms with van der Waals surface area (Å²) in [5.74, 6) is 0.0679. The fourth-order valence-electron chi connectivity index (χ4n) is 1.77. The molecule has 0 aliphatic carbocycles. The number of ether oxygens (including phenoxy) is 1. The molecular weight excluding hydrogens is 351 g/mol. The number of amides is 1. The maximum atomic E-state index is 12.1. The van der Waals surface area contributed by atoms with E-state index in [0.717, 1.165) is 28.1 Å². The average molecular weight is 366 g/mol. The van der Waals surface area contributed by atoms with Crippen LogP contribution in [0.5, 0.6) is 0 Å². The molecule has 1 aromatic rings. The topological polar surface area (TPSA) is 41.6 Å². The predicted molar refractivity (Wildman–Crippen MR) is 76.6 cm³/mol. The van der Waals surface area contributed by atoms with Crippen LogP contribution in [0, 0.1) is 2.88 Å². The van der Waals surface area contributed by atoms with E-state index in [0.29, 0.717) is 6.54 Å². The minimum atomic E-state index is 0.0679. The van der Waals surface area contributed by atoms with E-state index in [1.54, 1.807) is 16.2 Å². The van der Waals surface area contributed by atoms with Gasteiger partial charge in [-0.05, 0) is 28.7 Å². The lowest BCUT2D eigenvalue weighted by Gasteiger charge is -2.27. The maximum absolute atomic E-state index is 12.1. The van der Waals surface area contributed by atoms with Crippen molar-refractivity contribution < 1.29 is 9.53 Å². The zero-order valence-electron chi connectivity index (χ0n) is 9.61. The van der Waals surface area contributed by atoms with Gasteiger partial charge in [-0.25, -0.2) is 0 Å². The number of carbonyl (C=O) groups excluding carboxylic acids is 1. The molecule has 0 radical (unpaired) electrons. The molecule has 1 amide bonds. The van der Waals surface area contributed by atoms with Crippen molar-refractivity contribution in [3.63, 3.8) is 0 Å². The largest absolute Gasteiger partial charge is 0.374 e. The van der Waals surface area contributed by atoms with Crippen molar-refractivity contribution >= 4 is 39.8 Å². The first kappa shape index (κ1) is 13.3. The van der Waals surface area contributed by atoms with E-state index in [1.165, 1.54) is 0 Å². The lowest BCUT2D eigenvalue weighted by Crippen LogP contribution is -2.45. The summed E-state index contributed by atoms with van der Waals surface area (Å²) in [6.45, 7) is 3.08. The molecule has 2 rings (SSSR count). The normalized spacial score (nSPS) is 20.2. The van der Waals surface area contributed by atoms with E-state index >= 15 is 0 Å². The first-order valence-corrected chi connectivity index (χ1v) is 7.44. The Morgan fingerprint density at radius 1 is 1.76 bits per heavy atom. The van der Waals surface area contributed by atoms with Crippen LogP contribution in [0.1, 0.15) is 10.4 Å². The summed E-state index contributed by atoms with van der Waals surface area (Å²) in [7, 11) is 1.82. The van der Waals surface area contributed by atoms with Gasteiger partial charge in [0.05, 0.1) is 21.2 Å². The number of morpholine rings is 1. The smallest absolute Gasteiger partial charge is 0.254 e. The van der Waals surface area contributed by atoms with E-state index in [1.807, 2.05) is 18.5 Å². The molecule has 1 saturated heterocycles. The molecule has 1 aromatic heterocycles. The quantitative estimate of drug-likeness (QED) is 0.823. The second kappa shape index (κ2) is 6.12. The Bertz CT molecular complexity index is 391. The average Bonchev–Trinajstić information content (AvgIpc) is 2.76. The Balaban J connectivity index is 1.90. The van der Waals surface area contributed by atoms with E-state index in [-0.39, 0.29) is 12.0 Å². The lowest BCUT2D eigenvalue weighted by molar-refractivity contribution is 0.0104. The molecule has 0 spiro atoms. The summed E-state index contributed by atoms with van der Waals surface area (Å²) >= 11 is 3.82. The molecule has 1 aliphatic heterocycles. The third kappa shape index (κ3) is 3.64. The Morgan fingerprint density at radius 3 is 3.18 bits per heavy atom. The summed E-state index contributed by atoms with van der Waals surface area (Å²) in [6.07, 6.45) is 0.107. The van der Waals surface area contributed by atoms with Crippen LogP contribution in [0.2, 0.25) is 0 Å². The van der Waals surface area contributed by atoms with Crippen LogP contribution in [0.25, 0.3) is 0 Å². The standard InChI is InChI=1S/C11H15IN2O2S/c1-14(6-9-5-13-2-3-16-9)11(15)8-4-10(12)17-7-8/h4,7,9,13H,2-3,5-6H2,1H3. The summed E-state index contributed by atoms with van der Waals surface area (Å²) in [5.41, 5.74) is 0.769. The zero-order valence-corrected chi connectivity index (χ0v) is 12.6. The van der Waals surface area contributed by atoms with Gasteiger partial charge in [0, 0.05) is 32.1 Å². The first-order valence-electron chi connectivity index (χ1n) is 5.48. The van der Waals surface area contributed by atoms with Gasteiger partial charge in [-0.15, -0.1) is 11.3 Å². The van der Waals surface area contributed by atoms with Crippen LogP contribution < -0.4 is 5.32 Å². The van der Waals surface area contributed by atoms with Crippen LogP contribution in [-0.2, 0) is 4.74 Å². The Morgan fingerprint density at radius 2 is 2.59 bits per heavy atom. The fraction of sp³-hybridized carbons (Fsp3) is 0.545. The number of thiophene rings is 1. The molecule has 0 bridgehead atoms. The highest BCUT2D eigenvalue weighted by molar-refractivity contribution is 14.1. The van der Waals surface area contributed by atoms with Crippen molar-refractivity contribution in [3.8, 4) is 0 Å². The second-order valence-electron chi connectivity index (χ2n) is 4.02. The van der Waals surface area contributed by atoms with E-state index in [4.69, 9.17) is 4.74 Å². The summed E-state index contributed by atoms with van der Waals surface area (Å²) in [6, 6.07) is 1.92. The van der Waals surface area contributed by atoms with Crippen LogP contribution in [0.3, 0.4) is 0 Å². The molecule has 94 valence electrons. The van der Waals surface area contributed by atoms with Gasteiger partial charge in [0.25, 0.3) is 5.91 Å². The molecule has 17 heavy (non-hydrogen) atoms. The number of nitrogens with one attached hydrogen (secondary N) is 1. The third-order valence-corrected chi connectivity index (χ3v) is 4.43. The van der Waals surface area contributed by atoms with Gasteiger partial charge >= 0.3 is 0 Å². The van der Waals surface area contributed by atoms with Crippen molar-refractivity contribution in [2.24, 2.45) is 0 Å². The van der Waals surface area contributed by atoms with Crippen molar-refractivity contribution in [2.45, 2.75) is 6.10 Å². The molecule has 1 aliphatic rings. The molecule has 2 heterocycles. The SMILES string of the molecule is CN(CC1CNCCO1)C(=O)c1csc(I)c1. The minimum Gasteiger partial charge on any atom is -0.374 e. The van der Waals surface area contributed by atoms with Gasteiger partial charge in [0.15, 0.2) is 0 Å². The predicted octanol–water partition coefficient (Wildman–Crippen LogP) is 1.41. The van der Waals surface area contributed by atoms with Crippen molar-refractivity contribution in [2.75, 3.05) is 33.3 Å².